The monoisotopic (exact) mass is 293 g/mol. The first-order chi connectivity index (χ1) is 10.7. The number of hydrogen-bond acceptors (Lipinski definition) is 2. The fourth-order valence-corrected chi connectivity index (χ4v) is 3.79. The summed E-state index contributed by atoms with van der Waals surface area (Å²) < 4.78 is 5.16. The molecule has 1 saturated carbocycles. The van der Waals surface area contributed by atoms with Crippen molar-refractivity contribution in [2.75, 3.05) is 19.7 Å². The molecule has 1 aliphatic carbocycles. The van der Waals surface area contributed by atoms with E-state index in [1.165, 1.54) is 22.8 Å². The van der Waals surface area contributed by atoms with Crippen LogP contribution in [0.2, 0.25) is 0 Å². The van der Waals surface area contributed by atoms with Crippen molar-refractivity contribution in [2.24, 2.45) is 5.92 Å². The van der Waals surface area contributed by atoms with Gasteiger partial charge in [-0.25, -0.2) is 4.79 Å². The van der Waals surface area contributed by atoms with E-state index in [4.69, 9.17) is 4.74 Å². The van der Waals surface area contributed by atoms with Crippen molar-refractivity contribution >= 4 is 16.9 Å². The quantitative estimate of drug-likeness (QED) is 0.807. The molecule has 2 aromatic rings. The van der Waals surface area contributed by atoms with Crippen LogP contribution in [0.25, 0.3) is 10.8 Å². The van der Waals surface area contributed by atoms with Crippen molar-refractivity contribution in [3.8, 4) is 0 Å². The maximum Gasteiger partial charge on any atom is 0.410 e. The zero-order valence-electron chi connectivity index (χ0n) is 12.5. The number of carbonyl (C=O) groups excluding carboxylic acids is 1. The molecule has 1 heterocycles. The molecule has 1 amide bonds. The number of hydrogen-bond donors (Lipinski definition) is 0. The van der Waals surface area contributed by atoms with Crippen LogP contribution < -0.4 is 0 Å². The number of nitrogens with zero attached hydrogens (tertiary/aromatic N) is 1. The smallest absolute Gasteiger partial charge is 0.410 e. The van der Waals surface area contributed by atoms with E-state index in [1.807, 2.05) is 4.90 Å². The van der Waals surface area contributed by atoms with Gasteiger partial charge in [-0.3, -0.25) is 0 Å². The molecule has 22 heavy (non-hydrogen) atoms. The Kier molecular flexibility index (Phi) is 2.96. The third-order valence-electron chi connectivity index (χ3n) is 5.05. The number of amides is 1. The standard InChI is InChI=1S/C19H19NO2/c1-2-9-22-18(21)20-12-17-11-19(17,13-20)16-8-7-14-5-3-4-6-15(14)10-16/h2-8,10,17H,1,9,11-13H2/t17-,19+/m1/s1. The van der Waals surface area contributed by atoms with Crippen LogP contribution in [0.3, 0.4) is 0 Å². The fourth-order valence-electron chi connectivity index (χ4n) is 3.79. The molecular weight excluding hydrogens is 274 g/mol. The van der Waals surface area contributed by atoms with Crippen LogP contribution in [-0.4, -0.2) is 30.7 Å². The summed E-state index contributed by atoms with van der Waals surface area (Å²) in [6.45, 7) is 5.44. The second-order valence-electron chi connectivity index (χ2n) is 6.37. The lowest BCUT2D eigenvalue weighted by molar-refractivity contribution is 0.116. The molecule has 0 spiro atoms. The summed E-state index contributed by atoms with van der Waals surface area (Å²) in [6.07, 6.45) is 2.57. The van der Waals surface area contributed by atoms with Gasteiger partial charge in [0.05, 0.1) is 0 Å². The molecular formula is C19H19NO2. The van der Waals surface area contributed by atoms with Crippen LogP contribution in [0.15, 0.2) is 55.1 Å². The van der Waals surface area contributed by atoms with Gasteiger partial charge in [-0.05, 0) is 28.7 Å². The Bertz CT molecular complexity index is 754. The number of carbonyl (C=O) groups is 1. The molecule has 112 valence electrons. The van der Waals surface area contributed by atoms with Crippen molar-refractivity contribution in [1.82, 2.24) is 4.90 Å². The first kappa shape index (κ1) is 13.4. The van der Waals surface area contributed by atoms with Crippen molar-refractivity contribution in [2.45, 2.75) is 11.8 Å². The highest BCUT2D eigenvalue weighted by Gasteiger charge is 2.61. The van der Waals surface area contributed by atoms with Crippen molar-refractivity contribution in [3.63, 3.8) is 0 Å². The zero-order valence-corrected chi connectivity index (χ0v) is 12.5. The fraction of sp³-hybridized carbons (Fsp3) is 0.316. The topological polar surface area (TPSA) is 29.5 Å². The molecule has 2 fully saturated rings. The van der Waals surface area contributed by atoms with E-state index in [9.17, 15) is 4.79 Å². The molecule has 0 N–H and O–H groups in total. The summed E-state index contributed by atoms with van der Waals surface area (Å²) in [6, 6.07) is 15.1. The lowest BCUT2D eigenvalue weighted by Gasteiger charge is -2.20. The van der Waals surface area contributed by atoms with Gasteiger partial charge in [-0.1, -0.05) is 55.1 Å². The molecule has 2 aliphatic rings. The van der Waals surface area contributed by atoms with E-state index in [0.717, 1.165) is 13.1 Å². The van der Waals surface area contributed by atoms with Gasteiger partial charge in [-0.2, -0.15) is 0 Å². The number of fused-ring (bicyclic) bond motifs is 2. The first-order valence-electron chi connectivity index (χ1n) is 7.75. The Labute approximate surface area is 130 Å². The van der Waals surface area contributed by atoms with Crippen LogP contribution in [0, 0.1) is 5.92 Å². The number of piperidine rings is 1. The summed E-state index contributed by atoms with van der Waals surface area (Å²) in [5, 5.41) is 2.54. The average Bonchev–Trinajstić information content (AvgIpc) is 3.13. The van der Waals surface area contributed by atoms with E-state index in [0.29, 0.717) is 5.92 Å². The van der Waals surface area contributed by atoms with Gasteiger partial charge in [-0.15, -0.1) is 0 Å². The van der Waals surface area contributed by atoms with Gasteiger partial charge in [0.2, 0.25) is 0 Å². The van der Waals surface area contributed by atoms with Gasteiger partial charge in [0, 0.05) is 18.5 Å². The van der Waals surface area contributed by atoms with Crippen molar-refractivity contribution in [3.05, 3.63) is 60.7 Å². The number of likely N-dealkylation sites (tertiary alicyclic amines) is 1. The largest absolute Gasteiger partial charge is 0.445 e. The summed E-state index contributed by atoms with van der Waals surface area (Å²) in [5.41, 5.74) is 1.51. The summed E-state index contributed by atoms with van der Waals surface area (Å²) in [4.78, 5) is 13.9. The van der Waals surface area contributed by atoms with Crippen LogP contribution >= 0.6 is 0 Å². The van der Waals surface area contributed by atoms with Gasteiger partial charge in [0.15, 0.2) is 0 Å². The minimum absolute atomic E-state index is 0.150. The second kappa shape index (κ2) is 4.87. The molecule has 4 rings (SSSR count). The number of rotatable bonds is 3. The predicted molar refractivity (Wildman–Crippen MR) is 86.9 cm³/mol. The minimum atomic E-state index is -0.215. The molecule has 2 atom stereocenters. The van der Waals surface area contributed by atoms with Gasteiger partial charge < -0.3 is 9.64 Å². The van der Waals surface area contributed by atoms with Crippen LogP contribution in [0.4, 0.5) is 4.79 Å². The highest BCUT2D eigenvalue weighted by atomic mass is 16.6. The normalized spacial score (nSPS) is 25.8. The molecule has 3 nitrogen and oxygen atoms in total. The lowest BCUT2D eigenvalue weighted by Crippen LogP contribution is -2.33. The predicted octanol–water partition coefficient (Wildman–Crippen LogP) is 3.74. The highest BCUT2D eigenvalue weighted by molar-refractivity contribution is 5.83. The summed E-state index contributed by atoms with van der Waals surface area (Å²) in [5.74, 6) is 0.574. The average molecular weight is 293 g/mol. The summed E-state index contributed by atoms with van der Waals surface area (Å²) >= 11 is 0. The lowest BCUT2D eigenvalue weighted by atomic mass is 9.93. The third kappa shape index (κ3) is 2.00. The van der Waals surface area contributed by atoms with Gasteiger partial charge in [0.1, 0.15) is 6.61 Å². The van der Waals surface area contributed by atoms with Crippen LogP contribution in [0.1, 0.15) is 12.0 Å². The molecule has 0 unspecified atom stereocenters. The maximum absolute atomic E-state index is 12.0. The van der Waals surface area contributed by atoms with Crippen LogP contribution in [-0.2, 0) is 10.2 Å². The Morgan fingerprint density at radius 2 is 2.14 bits per heavy atom. The van der Waals surface area contributed by atoms with E-state index < -0.39 is 0 Å². The zero-order chi connectivity index (χ0) is 15.2. The Hall–Kier alpha value is -2.29. The SMILES string of the molecule is C=CCOC(=O)N1C[C@H]2C[C@@]2(c2ccc3ccccc3c2)C1. The highest BCUT2D eigenvalue weighted by Crippen LogP contribution is 2.59. The van der Waals surface area contributed by atoms with Crippen LogP contribution in [0.5, 0.6) is 0 Å². The van der Waals surface area contributed by atoms with E-state index in [-0.39, 0.29) is 18.1 Å². The molecule has 1 saturated heterocycles. The van der Waals surface area contributed by atoms with Gasteiger partial charge >= 0.3 is 6.09 Å². The molecule has 0 aromatic heterocycles. The number of ether oxygens (including phenoxy) is 1. The van der Waals surface area contributed by atoms with Crippen molar-refractivity contribution < 1.29 is 9.53 Å². The van der Waals surface area contributed by atoms with E-state index in [2.05, 4.69) is 49.0 Å². The minimum Gasteiger partial charge on any atom is -0.445 e. The van der Waals surface area contributed by atoms with Crippen molar-refractivity contribution in [1.29, 1.82) is 0 Å². The molecule has 3 heteroatoms. The Morgan fingerprint density at radius 3 is 2.95 bits per heavy atom. The second-order valence-corrected chi connectivity index (χ2v) is 6.37. The maximum atomic E-state index is 12.0. The molecule has 1 aliphatic heterocycles. The molecule has 0 bridgehead atoms. The third-order valence-corrected chi connectivity index (χ3v) is 5.05. The molecule has 0 radical (unpaired) electrons. The Balaban J connectivity index is 1.57. The summed E-state index contributed by atoms with van der Waals surface area (Å²) in [7, 11) is 0. The first-order valence-corrected chi connectivity index (χ1v) is 7.75. The van der Waals surface area contributed by atoms with E-state index in [1.54, 1.807) is 6.08 Å². The molecule has 2 aromatic carbocycles. The van der Waals surface area contributed by atoms with E-state index >= 15 is 0 Å². The van der Waals surface area contributed by atoms with Gasteiger partial charge in [0.25, 0.3) is 0 Å². The number of benzene rings is 2. The Morgan fingerprint density at radius 1 is 1.32 bits per heavy atom.